The molecule has 8 unspecified atom stereocenters. The summed E-state index contributed by atoms with van der Waals surface area (Å²) in [5, 5.41) is 0. The summed E-state index contributed by atoms with van der Waals surface area (Å²) in [5.41, 5.74) is 14.7. The molecule has 5 aliphatic carbocycles. The van der Waals surface area contributed by atoms with Crippen molar-refractivity contribution in [1.29, 1.82) is 0 Å². The Morgan fingerprint density at radius 2 is 1.31 bits per heavy atom. The van der Waals surface area contributed by atoms with Gasteiger partial charge in [0.25, 0.3) is 0 Å². The molecule has 0 spiro atoms. The molecule has 0 heterocycles. The molecule has 5 aliphatic rings. The number of hydrogen-bond donors (Lipinski definition) is 0. The number of hydrogen-bond acceptors (Lipinski definition) is 0. The van der Waals surface area contributed by atoms with Crippen LogP contribution in [0.1, 0.15) is 117 Å². The van der Waals surface area contributed by atoms with Gasteiger partial charge in [0.15, 0.2) is 0 Å². The van der Waals surface area contributed by atoms with Gasteiger partial charge < -0.3 is 0 Å². The van der Waals surface area contributed by atoms with Crippen molar-refractivity contribution in [2.45, 2.75) is 129 Å². The molecule has 0 aliphatic heterocycles. The molecule has 0 saturated heterocycles. The van der Waals surface area contributed by atoms with Gasteiger partial charge in [-0.1, -0.05) is 148 Å². The Hall–Kier alpha value is -2.38. The van der Waals surface area contributed by atoms with Crippen LogP contribution in [0.15, 0.2) is 84.0 Å². The van der Waals surface area contributed by atoms with Crippen molar-refractivity contribution < 1.29 is 0 Å². The van der Waals surface area contributed by atoms with E-state index >= 15 is 0 Å². The first-order valence-electron chi connectivity index (χ1n) is 19.6. The zero-order valence-corrected chi connectivity index (χ0v) is 33.2. The van der Waals surface area contributed by atoms with Crippen LogP contribution in [0.2, 0.25) is 24.2 Å². The molecule has 2 aromatic carbocycles. The second-order valence-electron chi connectivity index (χ2n) is 19.7. The molecule has 0 amide bonds. The summed E-state index contributed by atoms with van der Waals surface area (Å²) >= 11 is 0. The third-order valence-electron chi connectivity index (χ3n) is 14.1. The van der Waals surface area contributed by atoms with Crippen LogP contribution in [-0.4, -0.2) is 8.07 Å². The Bertz CT molecular complexity index is 1640. The highest BCUT2D eigenvalue weighted by Gasteiger charge is 2.59. The van der Waals surface area contributed by atoms with Crippen molar-refractivity contribution >= 4 is 19.2 Å². The first kappa shape index (κ1) is 34.1. The van der Waals surface area contributed by atoms with Gasteiger partial charge in [0.2, 0.25) is 0 Å². The van der Waals surface area contributed by atoms with Gasteiger partial charge in [-0.3, -0.25) is 0 Å². The normalized spacial score (nSPS) is 31.9. The first-order chi connectivity index (χ1) is 22.6. The van der Waals surface area contributed by atoms with E-state index in [-0.39, 0.29) is 10.8 Å². The van der Waals surface area contributed by atoms with E-state index in [9.17, 15) is 0 Å². The van der Waals surface area contributed by atoms with Gasteiger partial charge in [-0.2, -0.15) is 0 Å². The van der Waals surface area contributed by atoms with Crippen molar-refractivity contribution in [3.63, 3.8) is 0 Å². The van der Waals surface area contributed by atoms with Crippen LogP contribution in [0.25, 0.3) is 11.1 Å². The maximum absolute atomic E-state index is 2.87. The van der Waals surface area contributed by atoms with Crippen molar-refractivity contribution in [2.24, 2.45) is 41.4 Å². The zero-order chi connectivity index (χ0) is 34.3. The van der Waals surface area contributed by atoms with Gasteiger partial charge in [-0.15, -0.1) is 0 Å². The fourth-order valence-corrected chi connectivity index (χ4v) is 18.2. The average molecular weight is 657 g/mol. The van der Waals surface area contributed by atoms with E-state index in [2.05, 4.69) is 148 Å². The van der Waals surface area contributed by atoms with Gasteiger partial charge in [0, 0.05) is 0 Å². The summed E-state index contributed by atoms with van der Waals surface area (Å²) in [5.74, 6) is 5.01. The third kappa shape index (κ3) is 5.73. The highest BCUT2D eigenvalue weighted by Crippen LogP contribution is 2.67. The molecule has 48 heavy (non-hydrogen) atoms. The van der Waals surface area contributed by atoms with Crippen molar-refractivity contribution in [3.8, 4) is 0 Å². The first-order valence-corrected chi connectivity index (χ1v) is 22.8. The highest BCUT2D eigenvalue weighted by atomic mass is 28.3. The summed E-state index contributed by atoms with van der Waals surface area (Å²) < 4.78 is 0. The van der Waals surface area contributed by atoms with Gasteiger partial charge in [-0.25, -0.2) is 0 Å². The summed E-state index contributed by atoms with van der Waals surface area (Å²) in [4.78, 5) is 0. The number of benzene rings is 2. The summed E-state index contributed by atoms with van der Waals surface area (Å²) in [6.45, 7) is 27.5. The summed E-state index contributed by atoms with van der Waals surface area (Å²) in [6, 6.07) is 19.5. The molecular weight excluding hydrogens is 593 g/mol. The molecule has 7 rings (SSSR count). The molecule has 0 N–H and O–H groups in total. The largest absolute Gasteiger partial charge is 0.0808 e. The van der Waals surface area contributed by atoms with Crippen LogP contribution in [0.5, 0.6) is 0 Å². The van der Waals surface area contributed by atoms with Crippen LogP contribution in [0, 0.1) is 41.4 Å². The lowest BCUT2D eigenvalue weighted by Gasteiger charge is -2.47. The number of fused-ring (bicyclic) bond motifs is 3. The van der Waals surface area contributed by atoms with E-state index in [0.29, 0.717) is 23.7 Å². The van der Waals surface area contributed by atoms with E-state index in [0.717, 1.165) is 28.8 Å². The second-order valence-corrected chi connectivity index (χ2v) is 24.7. The SMILES string of the molecule is CC(C)C1CC2C(c3ccc(C(C)(C)C)cc3)=CC=CC2C1[Si](C)(C)C1C(C)CC2C(c3ccc(C(C)(C)C)cc3)=C3CCCC3=CC21. The quantitative estimate of drug-likeness (QED) is 0.281. The Balaban J connectivity index is 1.23. The fraction of sp³-hybridized carbons (Fsp3) is 0.574. The van der Waals surface area contributed by atoms with Gasteiger partial charge in [-0.05, 0) is 140 Å². The Kier molecular flexibility index (Phi) is 8.62. The molecule has 1 heteroatoms. The number of allylic oxidation sites excluding steroid dienone is 8. The molecular formula is C47H64Si. The molecule has 3 saturated carbocycles. The molecule has 0 bridgehead atoms. The van der Waals surface area contributed by atoms with Gasteiger partial charge in [0.05, 0.1) is 8.07 Å². The minimum atomic E-state index is -1.76. The van der Waals surface area contributed by atoms with Crippen LogP contribution in [0.4, 0.5) is 0 Å². The zero-order valence-electron chi connectivity index (χ0n) is 32.2. The molecule has 256 valence electrons. The molecule has 0 nitrogen and oxygen atoms in total. The Morgan fingerprint density at radius 1 is 0.708 bits per heavy atom. The van der Waals surface area contributed by atoms with Crippen LogP contribution >= 0.6 is 0 Å². The summed E-state index contributed by atoms with van der Waals surface area (Å²) in [6.07, 6.45) is 17.1. The smallest absolute Gasteiger partial charge is 0.0553 e. The van der Waals surface area contributed by atoms with E-state index in [1.54, 1.807) is 22.3 Å². The van der Waals surface area contributed by atoms with Crippen molar-refractivity contribution in [2.75, 3.05) is 0 Å². The monoisotopic (exact) mass is 656 g/mol. The predicted molar refractivity (Wildman–Crippen MR) is 212 cm³/mol. The Labute approximate surface area is 295 Å². The van der Waals surface area contributed by atoms with Gasteiger partial charge in [0.1, 0.15) is 0 Å². The van der Waals surface area contributed by atoms with E-state index < -0.39 is 8.07 Å². The summed E-state index contributed by atoms with van der Waals surface area (Å²) in [7, 11) is -1.76. The van der Waals surface area contributed by atoms with Crippen LogP contribution in [-0.2, 0) is 10.8 Å². The van der Waals surface area contributed by atoms with Gasteiger partial charge >= 0.3 is 0 Å². The molecule has 0 radical (unpaired) electrons. The Morgan fingerprint density at radius 3 is 1.90 bits per heavy atom. The van der Waals surface area contributed by atoms with E-state index in [1.165, 1.54) is 54.4 Å². The van der Waals surface area contributed by atoms with E-state index in [1.807, 2.05) is 0 Å². The van der Waals surface area contributed by atoms with E-state index in [4.69, 9.17) is 0 Å². The average Bonchev–Trinajstić information content (AvgIpc) is 3.74. The lowest BCUT2D eigenvalue weighted by atomic mass is 9.75. The van der Waals surface area contributed by atoms with Crippen molar-refractivity contribution in [1.82, 2.24) is 0 Å². The lowest BCUT2D eigenvalue weighted by molar-refractivity contribution is 0.372. The standard InChI is InChI=1S/C47H64Si/c1-29(2)39-28-40-36(31-18-22-34(23-19-31)46(4,5)6)15-13-17-38(40)45(39)48(10,11)44-30(3)26-41-42(44)27-33-14-12-16-37(33)43(41)32-20-24-35(25-21-32)47(7,8)9/h13,15,17-25,27,29-30,38-42,44-45H,12,14,16,26,28H2,1-11H3. The predicted octanol–water partition coefficient (Wildman–Crippen LogP) is 13.4. The number of rotatable bonds is 5. The molecule has 0 aromatic heterocycles. The second kappa shape index (κ2) is 12.1. The minimum Gasteiger partial charge on any atom is -0.0808 e. The fourth-order valence-electron chi connectivity index (χ4n) is 11.9. The highest BCUT2D eigenvalue weighted by molar-refractivity contribution is 6.80. The molecule has 8 atom stereocenters. The minimum absolute atomic E-state index is 0.188. The third-order valence-corrected chi connectivity index (χ3v) is 19.3. The lowest BCUT2D eigenvalue weighted by Crippen LogP contribution is -2.46. The van der Waals surface area contributed by atoms with Crippen molar-refractivity contribution in [3.05, 3.63) is 106 Å². The maximum Gasteiger partial charge on any atom is 0.0553 e. The topological polar surface area (TPSA) is 0 Å². The van der Waals surface area contributed by atoms with Crippen LogP contribution < -0.4 is 0 Å². The molecule has 3 fully saturated rings. The maximum atomic E-state index is 2.87. The molecule has 2 aromatic rings. The van der Waals surface area contributed by atoms with Crippen LogP contribution in [0.3, 0.4) is 0 Å².